The molecule has 0 bridgehead atoms. The van der Waals surface area contributed by atoms with Crippen molar-refractivity contribution in [2.45, 2.75) is 38.1 Å². The van der Waals surface area contributed by atoms with Crippen molar-refractivity contribution in [2.24, 2.45) is 0 Å². The Hall–Kier alpha value is -0.830. The quantitative estimate of drug-likeness (QED) is 0.493. The molecule has 0 unspecified atom stereocenters. The van der Waals surface area contributed by atoms with Crippen LogP contribution in [0, 0.1) is 0 Å². The molecule has 0 radical (unpaired) electrons. The summed E-state index contributed by atoms with van der Waals surface area (Å²) in [5.41, 5.74) is 0. The summed E-state index contributed by atoms with van der Waals surface area (Å²) >= 11 is 0. The number of hydrogen-bond acceptors (Lipinski definition) is 2. The highest BCUT2D eigenvalue weighted by atomic mass is 16.2. The van der Waals surface area contributed by atoms with Crippen molar-refractivity contribution in [2.75, 3.05) is 6.61 Å². The molecule has 1 aliphatic rings. The third-order valence-electron chi connectivity index (χ3n) is 2.18. The first-order valence-corrected chi connectivity index (χ1v) is 4.90. The fraction of sp³-hybridized carbons (Fsp3) is 0.700. The summed E-state index contributed by atoms with van der Waals surface area (Å²) in [6.07, 6.45) is 8.61. The van der Waals surface area contributed by atoms with Crippen molar-refractivity contribution in [3.05, 3.63) is 12.2 Å². The zero-order chi connectivity index (χ0) is 9.52. The van der Waals surface area contributed by atoms with E-state index in [2.05, 4.69) is 17.5 Å². The number of rotatable bonds is 5. The summed E-state index contributed by atoms with van der Waals surface area (Å²) in [5.74, 6) is 0.157. The van der Waals surface area contributed by atoms with Crippen LogP contribution in [0.3, 0.4) is 0 Å². The Morgan fingerprint density at radius 3 is 3.00 bits per heavy atom. The lowest BCUT2D eigenvalue weighted by Gasteiger charge is -2.01. The van der Waals surface area contributed by atoms with Gasteiger partial charge in [-0.1, -0.05) is 12.2 Å². The average molecular weight is 183 g/mol. The summed E-state index contributed by atoms with van der Waals surface area (Å²) in [6.45, 7) is 0.272. The summed E-state index contributed by atoms with van der Waals surface area (Å²) in [7, 11) is 0. The van der Waals surface area contributed by atoms with Crippen LogP contribution < -0.4 is 5.32 Å². The van der Waals surface area contributed by atoms with Crippen LogP contribution in [0.5, 0.6) is 0 Å². The molecule has 2 N–H and O–H groups in total. The zero-order valence-corrected chi connectivity index (χ0v) is 7.83. The molecule has 1 atom stereocenters. The number of aliphatic hydroxyl groups excluding tert-OH is 1. The fourth-order valence-electron chi connectivity index (χ4n) is 1.42. The highest BCUT2D eigenvalue weighted by molar-refractivity contribution is 5.78. The van der Waals surface area contributed by atoms with Gasteiger partial charge in [0.1, 0.15) is 0 Å². The third-order valence-corrected chi connectivity index (χ3v) is 2.18. The number of unbranched alkanes of at least 4 members (excludes halogenated alkanes) is 2. The molecule has 0 aromatic rings. The van der Waals surface area contributed by atoms with Crippen molar-refractivity contribution < 1.29 is 9.90 Å². The smallest absolute Gasteiger partial charge is 0.220 e. The van der Waals surface area contributed by atoms with Crippen molar-refractivity contribution in [3.8, 4) is 0 Å². The minimum Gasteiger partial charge on any atom is -0.396 e. The maximum atomic E-state index is 10.8. The molecule has 0 spiro atoms. The molecule has 0 aromatic heterocycles. The molecular weight excluding hydrogens is 166 g/mol. The standard InChI is InChI=1S/C10H17NO2/c12-8-4-2-1-3-5-9-6-7-10(13)11-9/h3,5,9,12H,1-2,4,6-8H2,(H,11,13)/b5-3-/t9-/m1/s1. The molecule has 1 aliphatic heterocycles. The van der Waals surface area contributed by atoms with E-state index in [1.54, 1.807) is 0 Å². The minimum absolute atomic E-state index is 0.157. The van der Waals surface area contributed by atoms with E-state index in [0.717, 1.165) is 25.7 Å². The molecule has 1 amide bonds. The summed E-state index contributed by atoms with van der Waals surface area (Å²) in [6, 6.07) is 0.252. The number of hydrogen-bond donors (Lipinski definition) is 2. The molecular formula is C10H17NO2. The van der Waals surface area contributed by atoms with E-state index in [1.165, 1.54) is 0 Å². The van der Waals surface area contributed by atoms with Gasteiger partial charge in [-0.05, 0) is 25.7 Å². The molecule has 3 nitrogen and oxygen atoms in total. The predicted molar refractivity (Wildman–Crippen MR) is 51.2 cm³/mol. The molecule has 0 aromatic carbocycles. The van der Waals surface area contributed by atoms with Gasteiger partial charge in [0.25, 0.3) is 0 Å². The first-order chi connectivity index (χ1) is 6.33. The van der Waals surface area contributed by atoms with Gasteiger partial charge >= 0.3 is 0 Å². The van der Waals surface area contributed by atoms with E-state index in [0.29, 0.717) is 6.42 Å². The molecule has 3 heteroatoms. The number of amides is 1. The molecule has 13 heavy (non-hydrogen) atoms. The number of carbonyl (C=O) groups is 1. The second kappa shape index (κ2) is 5.75. The van der Waals surface area contributed by atoms with Crippen molar-refractivity contribution in [3.63, 3.8) is 0 Å². The summed E-state index contributed by atoms with van der Waals surface area (Å²) < 4.78 is 0. The summed E-state index contributed by atoms with van der Waals surface area (Å²) in [5, 5.41) is 11.4. The van der Waals surface area contributed by atoms with Gasteiger partial charge in [0, 0.05) is 19.1 Å². The first-order valence-electron chi connectivity index (χ1n) is 4.90. The third kappa shape index (κ3) is 4.08. The topological polar surface area (TPSA) is 49.3 Å². The number of allylic oxidation sites excluding steroid dienone is 1. The lowest BCUT2D eigenvalue weighted by atomic mass is 10.2. The Balaban J connectivity index is 2.06. The van der Waals surface area contributed by atoms with Crippen LogP contribution in [0.4, 0.5) is 0 Å². The first kappa shape index (κ1) is 10.3. The maximum absolute atomic E-state index is 10.8. The predicted octanol–water partition coefficient (Wildman–Crippen LogP) is 0.984. The van der Waals surface area contributed by atoms with E-state index in [4.69, 9.17) is 5.11 Å². The largest absolute Gasteiger partial charge is 0.396 e. The monoisotopic (exact) mass is 183 g/mol. The van der Waals surface area contributed by atoms with Crippen LogP contribution in [0.15, 0.2) is 12.2 Å². The van der Waals surface area contributed by atoms with Crippen LogP contribution in [0.25, 0.3) is 0 Å². The van der Waals surface area contributed by atoms with Gasteiger partial charge < -0.3 is 10.4 Å². The molecule has 0 saturated carbocycles. The highest BCUT2D eigenvalue weighted by Crippen LogP contribution is 2.08. The number of nitrogens with one attached hydrogen (secondary N) is 1. The Morgan fingerprint density at radius 1 is 1.54 bits per heavy atom. The molecule has 1 heterocycles. The lowest BCUT2D eigenvalue weighted by molar-refractivity contribution is -0.119. The van der Waals surface area contributed by atoms with Crippen LogP contribution >= 0.6 is 0 Å². The molecule has 1 rings (SSSR count). The highest BCUT2D eigenvalue weighted by Gasteiger charge is 2.17. The van der Waals surface area contributed by atoms with Gasteiger partial charge in [-0.3, -0.25) is 4.79 Å². The van der Waals surface area contributed by atoms with Gasteiger partial charge in [-0.15, -0.1) is 0 Å². The summed E-state index contributed by atoms with van der Waals surface area (Å²) in [4.78, 5) is 10.8. The molecule has 0 aliphatic carbocycles. The van der Waals surface area contributed by atoms with E-state index >= 15 is 0 Å². The maximum Gasteiger partial charge on any atom is 0.220 e. The van der Waals surface area contributed by atoms with E-state index in [-0.39, 0.29) is 18.6 Å². The molecule has 1 saturated heterocycles. The number of carbonyl (C=O) groups excluding carboxylic acids is 1. The SMILES string of the molecule is O=C1CC[C@@H](/C=C\CCCCO)N1. The Bertz CT molecular complexity index is 189. The lowest BCUT2D eigenvalue weighted by Crippen LogP contribution is -2.22. The van der Waals surface area contributed by atoms with Crippen LogP contribution in [-0.2, 0) is 4.79 Å². The van der Waals surface area contributed by atoms with Gasteiger partial charge in [0.05, 0.1) is 0 Å². The van der Waals surface area contributed by atoms with Gasteiger partial charge in [-0.2, -0.15) is 0 Å². The van der Waals surface area contributed by atoms with Gasteiger partial charge in [0.15, 0.2) is 0 Å². The van der Waals surface area contributed by atoms with Crippen LogP contribution in [-0.4, -0.2) is 23.7 Å². The van der Waals surface area contributed by atoms with E-state index in [9.17, 15) is 4.79 Å². The fourth-order valence-corrected chi connectivity index (χ4v) is 1.42. The minimum atomic E-state index is 0.157. The van der Waals surface area contributed by atoms with Crippen LogP contribution in [0.2, 0.25) is 0 Å². The van der Waals surface area contributed by atoms with Crippen LogP contribution in [0.1, 0.15) is 32.1 Å². The van der Waals surface area contributed by atoms with E-state index in [1.807, 2.05) is 0 Å². The average Bonchev–Trinajstić information content (AvgIpc) is 2.51. The Labute approximate surface area is 78.8 Å². The second-order valence-electron chi connectivity index (χ2n) is 3.36. The van der Waals surface area contributed by atoms with Gasteiger partial charge in [-0.25, -0.2) is 0 Å². The zero-order valence-electron chi connectivity index (χ0n) is 7.83. The molecule has 74 valence electrons. The molecule has 1 fully saturated rings. The number of aliphatic hydroxyl groups is 1. The van der Waals surface area contributed by atoms with Crippen molar-refractivity contribution in [1.82, 2.24) is 5.32 Å². The van der Waals surface area contributed by atoms with Gasteiger partial charge in [0.2, 0.25) is 5.91 Å². The van der Waals surface area contributed by atoms with E-state index < -0.39 is 0 Å². The Morgan fingerprint density at radius 2 is 2.38 bits per heavy atom. The normalized spacial score (nSPS) is 22.5. The second-order valence-corrected chi connectivity index (χ2v) is 3.36. The van der Waals surface area contributed by atoms with Crippen molar-refractivity contribution >= 4 is 5.91 Å². The van der Waals surface area contributed by atoms with Crippen molar-refractivity contribution in [1.29, 1.82) is 0 Å². The Kier molecular flexibility index (Phi) is 4.54.